The summed E-state index contributed by atoms with van der Waals surface area (Å²) in [5.74, 6) is 0.865. The smallest absolute Gasteiger partial charge is 0.228 e. The number of rotatable bonds is 0. The third-order valence-corrected chi connectivity index (χ3v) is 5.23. The van der Waals surface area contributed by atoms with Crippen LogP contribution in [0.4, 0.5) is 5.69 Å². The monoisotopic (exact) mass is 335 g/mol. The van der Waals surface area contributed by atoms with Gasteiger partial charge in [0.1, 0.15) is 5.84 Å². The molecule has 0 N–H and O–H groups in total. The van der Waals surface area contributed by atoms with Gasteiger partial charge in [-0.05, 0) is 24.3 Å². The Morgan fingerprint density at radius 1 is 1.17 bits per heavy atom. The molecular formula is C19H14ClN3O. The molecule has 2 aromatic carbocycles. The van der Waals surface area contributed by atoms with E-state index in [4.69, 9.17) is 16.6 Å². The summed E-state index contributed by atoms with van der Waals surface area (Å²) in [4.78, 5) is 18.8. The van der Waals surface area contributed by atoms with Crippen LogP contribution in [0.15, 0.2) is 53.5 Å². The fourth-order valence-electron chi connectivity index (χ4n) is 3.78. The van der Waals surface area contributed by atoms with Gasteiger partial charge in [-0.3, -0.25) is 4.79 Å². The maximum absolute atomic E-state index is 12.3. The molecule has 1 atom stereocenters. The van der Waals surface area contributed by atoms with Gasteiger partial charge in [0, 0.05) is 24.5 Å². The van der Waals surface area contributed by atoms with Crippen molar-refractivity contribution in [3.8, 4) is 5.69 Å². The second-order valence-corrected chi connectivity index (χ2v) is 6.66. The molecule has 0 spiro atoms. The zero-order chi connectivity index (χ0) is 16.4. The van der Waals surface area contributed by atoms with Gasteiger partial charge in [0.25, 0.3) is 0 Å². The number of para-hydroxylation sites is 3. The molecule has 0 saturated carbocycles. The van der Waals surface area contributed by atoms with Crippen LogP contribution >= 0.6 is 11.6 Å². The molecule has 1 aromatic heterocycles. The molecule has 118 valence electrons. The predicted molar refractivity (Wildman–Crippen MR) is 95.5 cm³/mol. The number of hydrogen-bond donors (Lipinski definition) is 0. The molecule has 0 bridgehead atoms. The first-order chi connectivity index (χ1) is 11.6. The fraction of sp³-hybridized carbons (Fsp3) is 0.158. The van der Waals surface area contributed by atoms with E-state index in [1.54, 1.807) is 11.9 Å². The van der Waals surface area contributed by atoms with E-state index in [1.807, 2.05) is 30.3 Å². The Kier molecular flexibility index (Phi) is 2.71. The van der Waals surface area contributed by atoms with Gasteiger partial charge in [0.2, 0.25) is 5.91 Å². The summed E-state index contributed by atoms with van der Waals surface area (Å²) in [6.07, 6.45) is 0.442. The van der Waals surface area contributed by atoms with Crippen LogP contribution in [-0.4, -0.2) is 28.3 Å². The van der Waals surface area contributed by atoms with Gasteiger partial charge in [-0.25, -0.2) is 4.99 Å². The Hall–Kier alpha value is -2.59. The molecule has 0 aliphatic carbocycles. The lowest BCUT2D eigenvalue weighted by molar-refractivity contribution is -0.124. The van der Waals surface area contributed by atoms with Gasteiger partial charge in [-0.1, -0.05) is 35.9 Å². The van der Waals surface area contributed by atoms with Crippen molar-refractivity contribution in [3.05, 3.63) is 59.2 Å². The van der Waals surface area contributed by atoms with Crippen molar-refractivity contribution in [3.63, 3.8) is 0 Å². The molecule has 1 unspecified atom stereocenters. The largest absolute Gasteiger partial charge is 0.309 e. The van der Waals surface area contributed by atoms with Crippen molar-refractivity contribution >= 4 is 39.9 Å². The van der Waals surface area contributed by atoms with E-state index in [-0.39, 0.29) is 11.8 Å². The summed E-state index contributed by atoms with van der Waals surface area (Å²) in [7, 11) is 1.80. The van der Waals surface area contributed by atoms with Crippen molar-refractivity contribution in [2.45, 2.75) is 12.3 Å². The van der Waals surface area contributed by atoms with Crippen LogP contribution in [-0.2, 0) is 4.79 Å². The first-order valence-electron chi connectivity index (χ1n) is 7.89. The Bertz CT molecular complexity index is 1050. The Morgan fingerprint density at radius 3 is 2.88 bits per heavy atom. The molecule has 3 aromatic rings. The minimum atomic E-state index is -0.0432. The number of hydrogen-bond acceptors (Lipinski definition) is 2. The number of likely N-dealkylation sites (N-methyl/N-ethyl adjacent to an activating group) is 1. The SMILES string of the molecule is CN1C(=O)CC2C1=Nc1ccccc1-n1c2cc2cccc(Cl)c21. The highest BCUT2D eigenvalue weighted by Crippen LogP contribution is 2.43. The molecule has 5 rings (SSSR count). The van der Waals surface area contributed by atoms with Crippen LogP contribution in [0.3, 0.4) is 0 Å². The molecular weight excluding hydrogens is 322 g/mol. The van der Waals surface area contributed by atoms with E-state index in [2.05, 4.69) is 22.8 Å². The van der Waals surface area contributed by atoms with E-state index in [1.165, 1.54) is 0 Å². The lowest BCUT2D eigenvalue weighted by atomic mass is 10.0. The number of benzene rings is 2. The van der Waals surface area contributed by atoms with E-state index in [9.17, 15) is 4.79 Å². The zero-order valence-electron chi connectivity index (χ0n) is 13.0. The number of aromatic nitrogens is 1. The van der Waals surface area contributed by atoms with E-state index in [0.29, 0.717) is 11.4 Å². The minimum absolute atomic E-state index is 0.0432. The van der Waals surface area contributed by atoms with Crippen LogP contribution in [0.25, 0.3) is 16.6 Å². The maximum Gasteiger partial charge on any atom is 0.228 e. The molecule has 1 fully saturated rings. The number of carbonyl (C=O) groups is 1. The normalized spacial score (nSPS) is 18.9. The summed E-state index contributed by atoms with van der Waals surface area (Å²) >= 11 is 6.52. The van der Waals surface area contributed by atoms with E-state index in [0.717, 1.165) is 33.8 Å². The summed E-state index contributed by atoms with van der Waals surface area (Å²) in [6.45, 7) is 0. The zero-order valence-corrected chi connectivity index (χ0v) is 13.8. The minimum Gasteiger partial charge on any atom is -0.309 e. The quantitative estimate of drug-likeness (QED) is 0.604. The Balaban J connectivity index is 1.95. The van der Waals surface area contributed by atoms with Crippen LogP contribution in [0, 0.1) is 0 Å². The van der Waals surface area contributed by atoms with Crippen molar-refractivity contribution < 1.29 is 4.79 Å². The molecule has 1 amide bonds. The summed E-state index contributed by atoms with van der Waals surface area (Å²) in [5.41, 5.74) is 3.90. The number of amidine groups is 1. The summed E-state index contributed by atoms with van der Waals surface area (Å²) < 4.78 is 2.17. The molecule has 4 nitrogen and oxygen atoms in total. The molecule has 2 aliphatic heterocycles. The van der Waals surface area contributed by atoms with Crippen molar-refractivity contribution in [1.82, 2.24) is 9.47 Å². The number of amides is 1. The molecule has 5 heteroatoms. The second kappa shape index (κ2) is 4.71. The number of aliphatic imine (C=N–C) groups is 1. The number of carbonyl (C=O) groups excluding carboxylic acids is 1. The van der Waals surface area contributed by atoms with E-state index < -0.39 is 0 Å². The highest BCUT2D eigenvalue weighted by Gasteiger charge is 2.39. The van der Waals surface area contributed by atoms with Crippen molar-refractivity contribution in [1.29, 1.82) is 0 Å². The first-order valence-corrected chi connectivity index (χ1v) is 8.27. The summed E-state index contributed by atoms with van der Waals surface area (Å²) in [6, 6.07) is 16.0. The van der Waals surface area contributed by atoms with Gasteiger partial charge >= 0.3 is 0 Å². The fourth-order valence-corrected chi connectivity index (χ4v) is 4.05. The van der Waals surface area contributed by atoms with Crippen LogP contribution in [0.1, 0.15) is 18.0 Å². The third-order valence-electron chi connectivity index (χ3n) is 4.93. The van der Waals surface area contributed by atoms with Gasteiger partial charge in [0.05, 0.1) is 27.8 Å². The number of nitrogens with zero attached hydrogens (tertiary/aromatic N) is 3. The molecule has 2 aliphatic rings. The van der Waals surface area contributed by atoms with Crippen LogP contribution < -0.4 is 0 Å². The van der Waals surface area contributed by atoms with Crippen molar-refractivity contribution in [2.24, 2.45) is 4.99 Å². The lowest BCUT2D eigenvalue weighted by Crippen LogP contribution is -2.25. The van der Waals surface area contributed by atoms with Gasteiger partial charge < -0.3 is 9.47 Å². The number of fused-ring (bicyclic) bond motifs is 7. The topological polar surface area (TPSA) is 37.6 Å². The number of halogens is 1. The number of likely N-dealkylation sites (tertiary alicyclic amines) is 1. The van der Waals surface area contributed by atoms with Crippen LogP contribution in [0.5, 0.6) is 0 Å². The molecule has 0 radical (unpaired) electrons. The van der Waals surface area contributed by atoms with Crippen LogP contribution in [0.2, 0.25) is 5.02 Å². The Labute approximate surface area is 144 Å². The van der Waals surface area contributed by atoms with Gasteiger partial charge in [-0.15, -0.1) is 0 Å². The first kappa shape index (κ1) is 13.8. The highest BCUT2D eigenvalue weighted by atomic mass is 35.5. The van der Waals surface area contributed by atoms with Crippen molar-refractivity contribution in [2.75, 3.05) is 7.05 Å². The lowest BCUT2D eigenvalue weighted by Gasteiger charge is -2.14. The molecule has 1 saturated heterocycles. The van der Waals surface area contributed by atoms with E-state index >= 15 is 0 Å². The highest BCUT2D eigenvalue weighted by molar-refractivity contribution is 6.35. The Morgan fingerprint density at radius 2 is 2.00 bits per heavy atom. The maximum atomic E-state index is 12.3. The molecule has 3 heterocycles. The summed E-state index contributed by atoms with van der Waals surface area (Å²) in [5, 5.41) is 1.78. The molecule has 24 heavy (non-hydrogen) atoms. The predicted octanol–water partition coefficient (Wildman–Crippen LogP) is 4.27. The van der Waals surface area contributed by atoms with Gasteiger partial charge in [0.15, 0.2) is 0 Å². The second-order valence-electron chi connectivity index (χ2n) is 6.25. The average Bonchev–Trinajstić information content (AvgIpc) is 3.05. The average molecular weight is 336 g/mol. The third kappa shape index (κ3) is 1.69. The standard InChI is InChI=1S/C19H14ClN3O/c1-22-17(24)10-12-16-9-11-5-4-6-13(20)18(11)23(16)15-8-3-2-7-14(15)21-19(12)22/h2-9,12H,10H2,1H3. The van der Waals surface area contributed by atoms with Gasteiger partial charge in [-0.2, -0.15) is 0 Å².